The van der Waals surface area contributed by atoms with E-state index in [1.807, 2.05) is 24.3 Å². The molecule has 110 valence electrons. The fourth-order valence-corrected chi connectivity index (χ4v) is 2.74. The highest BCUT2D eigenvalue weighted by Crippen LogP contribution is 2.22. The molecule has 1 amide bonds. The zero-order chi connectivity index (χ0) is 14.4. The third-order valence-electron chi connectivity index (χ3n) is 4.02. The predicted octanol–water partition coefficient (Wildman–Crippen LogP) is 1.87. The summed E-state index contributed by atoms with van der Waals surface area (Å²) >= 11 is 0. The van der Waals surface area contributed by atoms with Gasteiger partial charge in [-0.3, -0.25) is 4.79 Å². The van der Waals surface area contributed by atoms with Gasteiger partial charge in [-0.25, -0.2) is 0 Å². The third kappa shape index (κ3) is 4.23. The predicted molar refractivity (Wildman–Crippen MR) is 79.6 cm³/mol. The number of nitrogens with two attached hydrogens (primary N) is 1. The molecule has 0 radical (unpaired) electrons. The van der Waals surface area contributed by atoms with Crippen LogP contribution in [0.2, 0.25) is 0 Å². The molecule has 20 heavy (non-hydrogen) atoms. The lowest BCUT2D eigenvalue weighted by Gasteiger charge is -2.26. The second-order valence-corrected chi connectivity index (χ2v) is 5.57. The topological polar surface area (TPSA) is 64.3 Å². The number of methoxy groups -OCH3 is 1. The van der Waals surface area contributed by atoms with E-state index in [0.717, 1.165) is 43.5 Å². The highest BCUT2D eigenvalue weighted by molar-refractivity contribution is 5.79. The van der Waals surface area contributed by atoms with Gasteiger partial charge in [0.15, 0.2) is 0 Å². The first-order valence-corrected chi connectivity index (χ1v) is 7.33. The highest BCUT2D eigenvalue weighted by atomic mass is 16.5. The van der Waals surface area contributed by atoms with Crippen molar-refractivity contribution in [3.8, 4) is 5.75 Å². The van der Waals surface area contributed by atoms with Crippen LogP contribution >= 0.6 is 0 Å². The lowest BCUT2D eigenvalue weighted by molar-refractivity contribution is -0.120. The Bertz CT molecular complexity index is 440. The van der Waals surface area contributed by atoms with E-state index in [0.29, 0.717) is 18.4 Å². The summed E-state index contributed by atoms with van der Waals surface area (Å²) in [5, 5.41) is 3.03. The van der Waals surface area contributed by atoms with Crippen molar-refractivity contribution < 1.29 is 9.53 Å². The first kappa shape index (κ1) is 14.9. The molecule has 4 heteroatoms. The number of hydrogen-bond acceptors (Lipinski definition) is 3. The maximum Gasteiger partial charge on any atom is 0.224 e. The van der Waals surface area contributed by atoms with Crippen LogP contribution in [0.4, 0.5) is 0 Å². The van der Waals surface area contributed by atoms with Gasteiger partial charge in [0, 0.05) is 18.2 Å². The van der Waals surface area contributed by atoms with Crippen LogP contribution < -0.4 is 15.8 Å². The SMILES string of the molecule is COc1ccccc1CC(=O)NCC1CCC(N)CC1. The third-order valence-corrected chi connectivity index (χ3v) is 4.02. The molecule has 1 aliphatic carbocycles. The molecule has 0 aliphatic heterocycles. The summed E-state index contributed by atoms with van der Waals surface area (Å²) in [7, 11) is 1.63. The summed E-state index contributed by atoms with van der Waals surface area (Å²) in [5.41, 5.74) is 6.81. The van der Waals surface area contributed by atoms with Gasteiger partial charge < -0.3 is 15.8 Å². The van der Waals surface area contributed by atoms with Crippen molar-refractivity contribution in [2.75, 3.05) is 13.7 Å². The van der Waals surface area contributed by atoms with Crippen LogP contribution in [0.3, 0.4) is 0 Å². The summed E-state index contributed by atoms with van der Waals surface area (Å²) in [4.78, 5) is 12.0. The fourth-order valence-electron chi connectivity index (χ4n) is 2.74. The number of benzene rings is 1. The molecule has 0 unspecified atom stereocenters. The van der Waals surface area contributed by atoms with Gasteiger partial charge in [0.1, 0.15) is 5.75 Å². The number of amides is 1. The monoisotopic (exact) mass is 276 g/mol. The van der Waals surface area contributed by atoms with Gasteiger partial charge in [-0.05, 0) is 37.7 Å². The Morgan fingerprint density at radius 2 is 2.00 bits per heavy atom. The van der Waals surface area contributed by atoms with Crippen LogP contribution in [0.5, 0.6) is 5.75 Å². The first-order valence-electron chi connectivity index (χ1n) is 7.33. The lowest BCUT2D eigenvalue weighted by Crippen LogP contribution is -2.34. The Hall–Kier alpha value is -1.55. The number of nitrogens with one attached hydrogen (secondary N) is 1. The Balaban J connectivity index is 1.78. The van der Waals surface area contributed by atoms with E-state index in [4.69, 9.17) is 10.5 Å². The van der Waals surface area contributed by atoms with Gasteiger partial charge in [0.2, 0.25) is 5.91 Å². The van der Waals surface area contributed by atoms with Crippen LogP contribution in [0.25, 0.3) is 0 Å². The summed E-state index contributed by atoms with van der Waals surface area (Å²) in [6.45, 7) is 0.765. The summed E-state index contributed by atoms with van der Waals surface area (Å²) < 4.78 is 5.26. The molecule has 0 atom stereocenters. The van der Waals surface area contributed by atoms with Gasteiger partial charge in [-0.1, -0.05) is 18.2 Å². The Morgan fingerprint density at radius 1 is 1.30 bits per heavy atom. The fraction of sp³-hybridized carbons (Fsp3) is 0.562. The number of rotatable bonds is 5. The minimum atomic E-state index is 0.0596. The molecule has 1 aromatic rings. The molecule has 0 spiro atoms. The molecule has 1 fully saturated rings. The Morgan fingerprint density at radius 3 is 2.70 bits per heavy atom. The zero-order valence-electron chi connectivity index (χ0n) is 12.1. The summed E-state index contributed by atoms with van der Waals surface area (Å²) in [6.07, 6.45) is 4.77. The summed E-state index contributed by atoms with van der Waals surface area (Å²) in [5.74, 6) is 1.41. The van der Waals surface area contributed by atoms with Crippen molar-refractivity contribution >= 4 is 5.91 Å². The maximum atomic E-state index is 12.0. The van der Waals surface area contributed by atoms with Crippen molar-refractivity contribution in [1.82, 2.24) is 5.32 Å². The second kappa shape index (κ2) is 7.29. The average molecular weight is 276 g/mol. The molecular formula is C16H24N2O2. The standard InChI is InChI=1S/C16H24N2O2/c1-20-15-5-3-2-4-13(15)10-16(19)18-11-12-6-8-14(17)9-7-12/h2-5,12,14H,6-11,17H2,1H3,(H,18,19). The molecule has 1 aromatic carbocycles. The zero-order valence-corrected chi connectivity index (χ0v) is 12.1. The van der Waals surface area contributed by atoms with Crippen LogP contribution in [0.15, 0.2) is 24.3 Å². The Labute approximate surface area is 120 Å². The minimum Gasteiger partial charge on any atom is -0.496 e. The van der Waals surface area contributed by atoms with Gasteiger partial charge in [0.05, 0.1) is 13.5 Å². The number of para-hydroxylation sites is 1. The normalized spacial score (nSPS) is 22.3. The molecular weight excluding hydrogens is 252 g/mol. The molecule has 1 saturated carbocycles. The number of ether oxygens (including phenoxy) is 1. The molecule has 2 rings (SSSR count). The summed E-state index contributed by atoms with van der Waals surface area (Å²) in [6, 6.07) is 8.00. The molecule has 0 bridgehead atoms. The van der Waals surface area contributed by atoms with E-state index < -0.39 is 0 Å². The van der Waals surface area contributed by atoms with Gasteiger partial charge in [-0.2, -0.15) is 0 Å². The molecule has 1 aliphatic rings. The molecule has 0 saturated heterocycles. The van der Waals surface area contributed by atoms with Crippen LogP contribution in [0.1, 0.15) is 31.2 Å². The lowest BCUT2D eigenvalue weighted by atomic mass is 9.86. The van der Waals surface area contributed by atoms with Crippen molar-refractivity contribution in [3.05, 3.63) is 29.8 Å². The van der Waals surface area contributed by atoms with Gasteiger partial charge in [-0.15, -0.1) is 0 Å². The van der Waals surface area contributed by atoms with Gasteiger partial charge in [0.25, 0.3) is 0 Å². The highest BCUT2D eigenvalue weighted by Gasteiger charge is 2.19. The molecule has 4 nitrogen and oxygen atoms in total. The maximum absolute atomic E-state index is 12.0. The van der Waals surface area contributed by atoms with Gasteiger partial charge >= 0.3 is 0 Å². The molecule has 3 N–H and O–H groups in total. The van der Waals surface area contributed by atoms with Crippen LogP contribution in [-0.4, -0.2) is 25.6 Å². The number of carbonyl (C=O) groups is 1. The second-order valence-electron chi connectivity index (χ2n) is 5.57. The Kier molecular flexibility index (Phi) is 5.41. The average Bonchev–Trinajstić information content (AvgIpc) is 2.47. The van der Waals surface area contributed by atoms with Crippen molar-refractivity contribution in [2.45, 2.75) is 38.1 Å². The molecule has 0 heterocycles. The number of carbonyl (C=O) groups excluding carboxylic acids is 1. The van der Waals surface area contributed by atoms with E-state index in [9.17, 15) is 4.79 Å². The van der Waals surface area contributed by atoms with Crippen LogP contribution in [0, 0.1) is 5.92 Å². The van der Waals surface area contributed by atoms with Crippen LogP contribution in [-0.2, 0) is 11.2 Å². The van der Waals surface area contributed by atoms with E-state index in [-0.39, 0.29) is 5.91 Å². The van der Waals surface area contributed by atoms with E-state index >= 15 is 0 Å². The van der Waals surface area contributed by atoms with Crippen molar-refractivity contribution in [1.29, 1.82) is 0 Å². The van der Waals surface area contributed by atoms with E-state index in [2.05, 4.69) is 5.32 Å². The smallest absolute Gasteiger partial charge is 0.224 e. The minimum absolute atomic E-state index is 0.0596. The van der Waals surface area contributed by atoms with Crippen molar-refractivity contribution in [2.24, 2.45) is 11.7 Å². The number of hydrogen-bond donors (Lipinski definition) is 2. The quantitative estimate of drug-likeness (QED) is 0.863. The van der Waals surface area contributed by atoms with Crippen molar-refractivity contribution in [3.63, 3.8) is 0 Å². The van der Waals surface area contributed by atoms with E-state index in [1.165, 1.54) is 0 Å². The molecule has 0 aromatic heterocycles. The van der Waals surface area contributed by atoms with E-state index in [1.54, 1.807) is 7.11 Å². The first-order chi connectivity index (χ1) is 9.69. The largest absolute Gasteiger partial charge is 0.496 e.